The standard InChI is InChI=1S/C23H20BrN7O5/c1-30-19-18(21(34)27-23(30)35)31(10-13(32)11-36-14-5-3-2-4-6-14)22(26-19)29-28-17-15-9-12(24)7-8-16(15)25-20(17)33/h2-9,13,25,32-33H,10-11H2,1H3,(H,27,34,35). The van der Waals surface area contributed by atoms with E-state index in [0.29, 0.717) is 16.7 Å². The number of azo groups is 1. The molecule has 0 aliphatic rings. The summed E-state index contributed by atoms with van der Waals surface area (Å²) in [5.74, 6) is 0.337. The molecule has 12 nitrogen and oxygen atoms in total. The van der Waals surface area contributed by atoms with Gasteiger partial charge in [-0.1, -0.05) is 34.1 Å². The maximum Gasteiger partial charge on any atom is 0.329 e. The van der Waals surface area contributed by atoms with E-state index < -0.39 is 17.4 Å². The van der Waals surface area contributed by atoms with Crippen molar-refractivity contribution in [3.63, 3.8) is 0 Å². The number of aliphatic hydroxyl groups is 1. The van der Waals surface area contributed by atoms with Crippen LogP contribution in [0.4, 0.5) is 11.6 Å². The van der Waals surface area contributed by atoms with E-state index in [2.05, 4.69) is 41.1 Å². The number of H-pyrrole nitrogens is 2. The smallest absolute Gasteiger partial charge is 0.329 e. The van der Waals surface area contributed by atoms with E-state index in [4.69, 9.17) is 4.74 Å². The number of fused-ring (bicyclic) bond motifs is 2. The second-order valence-corrected chi connectivity index (χ2v) is 8.92. The maximum absolute atomic E-state index is 12.7. The van der Waals surface area contributed by atoms with Gasteiger partial charge in [-0.05, 0) is 30.3 Å². The Morgan fingerprint density at radius 1 is 1.14 bits per heavy atom. The molecule has 0 bridgehead atoms. The summed E-state index contributed by atoms with van der Waals surface area (Å²) in [6.45, 7) is -0.189. The Morgan fingerprint density at radius 2 is 1.92 bits per heavy atom. The van der Waals surface area contributed by atoms with Crippen LogP contribution in [0.2, 0.25) is 0 Å². The summed E-state index contributed by atoms with van der Waals surface area (Å²) in [5, 5.41) is 30.0. The van der Waals surface area contributed by atoms with E-state index in [1.807, 2.05) is 24.3 Å². The van der Waals surface area contributed by atoms with Crippen LogP contribution in [0.25, 0.3) is 22.1 Å². The van der Waals surface area contributed by atoms with Crippen LogP contribution >= 0.6 is 15.9 Å². The third-order valence-electron chi connectivity index (χ3n) is 5.52. The van der Waals surface area contributed by atoms with Crippen molar-refractivity contribution in [3.8, 4) is 11.6 Å². The highest BCUT2D eigenvalue weighted by Crippen LogP contribution is 2.37. The molecule has 1 atom stereocenters. The minimum absolute atomic E-state index is 0.0377. The van der Waals surface area contributed by atoms with Crippen molar-refractivity contribution >= 4 is 49.6 Å². The first-order valence-electron chi connectivity index (χ1n) is 10.8. The maximum atomic E-state index is 12.7. The number of hydrogen-bond acceptors (Lipinski definition) is 8. The quantitative estimate of drug-likeness (QED) is 0.226. The van der Waals surface area contributed by atoms with Crippen LogP contribution in [0.5, 0.6) is 11.6 Å². The lowest BCUT2D eigenvalue weighted by Crippen LogP contribution is -2.30. The van der Waals surface area contributed by atoms with Crippen LogP contribution in [0, 0.1) is 0 Å². The number of nitrogens with one attached hydrogen (secondary N) is 2. The number of rotatable bonds is 7. The molecule has 2 aromatic carbocycles. The zero-order valence-corrected chi connectivity index (χ0v) is 20.4. The molecular formula is C23H20BrN7O5. The molecule has 5 aromatic rings. The molecule has 13 heteroatoms. The number of aromatic hydroxyl groups is 1. The number of aliphatic hydroxyl groups excluding tert-OH is 1. The van der Waals surface area contributed by atoms with E-state index >= 15 is 0 Å². The fourth-order valence-electron chi connectivity index (χ4n) is 3.78. The molecule has 184 valence electrons. The minimum Gasteiger partial charge on any atom is -0.493 e. The van der Waals surface area contributed by atoms with Crippen molar-refractivity contribution in [2.75, 3.05) is 6.61 Å². The lowest BCUT2D eigenvalue weighted by Gasteiger charge is -2.14. The topological polar surface area (TPSA) is 163 Å². The second kappa shape index (κ2) is 9.43. The molecule has 5 rings (SSSR count). The molecule has 0 saturated heterocycles. The summed E-state index contributed by atoms with van der Waals surface area (Å²) in [5.41, 5.74) is -0.411. The summed E-state index contributed by atoms with van der Waals surface area (Å²) in [4.78, 5) is 34.2. The van der Waals surface area contributed by atoms with Crippen LogP contribution in [0.15, 0.2) is 72.8 Å². The molecule has 3 heterocycles. The average Bonchev–Trinajstić information content (AvgIpc) is 3.37. The van der Waals surface area contributed by atoms with Gasteiger partial charge < -0.3 is 19.9 Å². The number of benzene rings is 2. The number of para-hydroxylation sites is 1. The van der Waals surface area contributed by atoms with Gasteiger partial charge in [0.05, 0.1) is 12.1 Å². The normalized spacial score (nSPS) is 12.6. The number of ether oxygens (including phenoxy) is 1. The van der Waals surface area contributed by atoms with Gasteiger partial charge in [0.1, 0.15) is 18.5 Å². The molecule has 0 aliphatic carbocycles. The summed E-state index contributed by atoms with van der Waals surface area (Å²) >= 11 is 3.39. The predicted molar refractivity (Wildman–Crippen MR) is 135 cm³/mol. The predicted octanol–water partition coefficient (Wildman–Crippen LogP) is 3.23. The van der Waals surface area contributed by atoms with Crippen LogP contribution in [0.1, 0.15) is 0 Å². The first kappa shape index (κ1) is 23.5. The fourth-order valence-corrected chi connectivity index (χ4v) is 4.14. The monoisotopic (exact) mass is 553 g/mol. The van der Waals surface area contributed by atoms with Crippen molar-refractivity contribution in [2.45, 2.75) is 12.6 Å². The molecular weight excluding hydrogens is 534 g/mol. The Labute approximate surface area is 210 Å². The molecule has 36 heavy (non-hydrogen) atoms. The van der Waals surface area contributed by atoms with E-state index in [1.165, 1.54) is 16.2 Å². The zero-order valence-electron chi connectivity index (χ0n) is 18.8. The molecule has 0 saturated carbocycles. The molecule has 4 N–H and O–H groups in total. The van der Waals surface area contributed by atoms with E-state index in [-0.39, 0.29) is 41.8 Å². The van der Waals surface area contributed by atoms with Gasteiger partial charge in [-0.2, -0.15) is 4.98 Å². The number of aromatic nitrogens is 5. The number of imidazole rings is 1. The molecule has 0 aliphatic heterocycles. The van der Waals surface area contributed by atoms with Crippen LogP contribution in [0.3, 0.4) is 0 Å². The fraction of sp³-hybridized carbons (Fsp3) is 0.174. The third-order valence-corrected chi connectivity index (χ3v) is 6.01. The van der Waals surface area contributed by atoms with Gasteiger partial charge in [-0.3, -0.25) is 18.9 Å². The largest absolute Gasteiger partial charge is 0.493 e. The van der Waals surface area contributed by atoms with E-state index in [0.717, 1.165) is 4.47 Å². The van der Waals surface area contributed by atoms with Crippen LogP contribution in [-0.4, -0.2) is 47.0 Å². The lowest BCUT2D eigenvalue weighted by atomic mass is 10.2. The van der Waals surface area contributed by atoms with Crippen molar-refractivity contribution in [2.24, 2.45) is 17.3 Å². The van der Waals surface area contributed by atoms with Crippen molar-refractivity contribution < 1.29 is 14.9 Å². The van der Waals surface area contributed by atoms with Crippen molar-refractivity contribution in [1.82, 2.24) is 24.1 Å². The summed E-state index contributed by atoms with van der Waals surface area (Å²) in [6, 6.07) is 14.3. The Morgan fingerprint density at radius 3 is 2.69 bits per heavy atom. The third kappa shape index (κ3) is 4.41. The number of aromatic amines is 2. The summed E-state index contributed by atoms with van der Waals surface area (Å²) < 4.78 is 8.92. The van der Waals surface area contributed by atoms with Gasteiger partial charge in [0.15, 0.2) is 16.9 Å². The lowest BCUT2D eigenvalue weighted by molar-refractivity contribution is 0.0937. The number of aryl methyl sites for hydroxylation is 1. The van der Waals surface area contributed by atoms with Crippen molar-refractivity contribution in [3.05, 3.63) is 73.8 Å². The van der Waals surface area contributed by atoms with Gasteiger partial charge in [0.2, 0.25) is 5.88 Å². The zero-order chi connectivity index (χ0) is 25.4. The van der Waals surface area contributed by atoms with Gasteiger partial charge in [0.25, 0.3) is 11.5 Å². The van der Waals surface area contributed by atoms with E-state index in [9.17, 15) is 19.8 Å². The summed E-state index contributed by atoms with van der Waals surface area (Å²) in [7, 11) is 1.46. The molecule has 1 unspecified atom stereocenters. The molecule has 0 radical (unpaired) electrons. The number of nitrogens with zero attached hydrogens (tertiary/aromatic N) is 5. The van der Waals surface area contributed by atoms with Gasteiger partial charge >= 0.3 is 5.69 Å². The Hall–Kier alpha value is -4.23. The number of hydrogen-bond donors (Lipinski definition) is 4. The highest BCUT2D eigenvalue weighted by Gasteiger charge is 2.20. The highest BCUT2D eigenvalue weighted by atomic mass is 79.9. The second-order valence-electron chi connectivity index (χ2n) is 8.00. The minimum atomic E-state index is -1.05. The van der Waals surface area contributed by atoms with Gasteiger partial charge in [0, 0.05) is 16.9 Å². The van der Waals surface area contributed by atoms with Crippen LogP contribution in [-0.2, 0) is 13.6 Å². The Balaban J connectivity index is 1.55. The van der Waals surface area contributed by atoms with Crippen molar-refractivity contribution in [1.29, 1.82) is 0 Å². The Kier molecular flexibility index (Phi) is 6.16. The molecule has 0 amide bonds. The SMILES string of the molecule is Cn1c(=O)[nH]c(=O)c2c1nc(N=Nc1c(O)[nH]c3ccc(Br)cc13)n2CC(O)COc1ccccc1. The molecule has 3 aromatic heterocycles. The van der Waals surface area contributed by atoms with E-state index in [1.54, 1.807) is 24.3 Å². The average molecular weight is 554 g/mol. The first-order valence-corrected chi connectivity index (χ1v) is 11.6. The summed E-state index contributed by atoms with van der Waals surface area (Å²) in [6.07, 6.45) is -1.05. The Bertz CT molecular complexity index is 1720. The number of halogens is 1. The first-order chi connectivity index (χ1) is 17.3. The van der Waals surface area contributed by atoms with Gasteiger partial charge in [-0.25, -0.2) is 4.79 Å². The molecule has 0 spiro atoms. The van der Waals surface area contributed by atoms with Gasteiger partial charge in [-0.15, -0.1) is 10.2 Å². The molecule has 0 fully saturated rings. The highest BCUT2D eigenvalue weighted by molar-refractivity contribution is 9.10. The van der Waals surface area contributed by atoms with Crippen LogP contribution < -0.4 is 16.0 Å².